The maximum atomic E-state index is 13.2. The van der Waals surface area contributed by atoms with Crippen molar-refractivity contribution in [2.24, 2.45) is 0 Å². The first kappa shape index (κ1) is 16.9. The predicted molar refractivity (Wildman–Crippen MR) is 96.8 cm³/mol. The van der Waals surface area contributed by atoms with E-state index in [1.165, 1.54) is 12.1 Å². The van der Waals surface area contributed by atoms with Gasteiger partial charge in [0.2, 0.25) is 5.91 Å². The molecule has 2 aromatic carbocycles. The molecule has 128 valence electrons. The summed E-state index contributed by atoms with van der Waals surface area (Å²) in [4.78, 5) is 12.5. The molecule has 2 N–H and O–H groups in total. The predicted octanol–water partition coefficient (Wildman–Crippen LogP) is 4.35. The lowest BCUT2D eigenvalue weighted by Crippen LogP contribution is -2.15. The van der Waals surface area contributed by atoms with Crippen molar-refractivity contribution in [3.05, 3.63) is 71.7 Å². The maximum absolute atomic E-state index is 13.2. The highest BCUT2D eigenvalue weighted by Crippen LogP contribution is 2.30. The summed E-state index contributed by atoms with van der Waals surface area (Å²) in [5.41, 5.74) is 3.89. The monoisotopic (exact) mass is 337 g/mol. The number of nitrogens with one attached hydrogen (secondary N) is 2. The largest absolute Gasteiger partial charge is 0.322 e. The van der Waals surface area contributed by atoms with Gasteiger partial charge in [0, 0.05) is 5.56 Å². The Balaban J connectivity index is 1.86. The molecule has 0 saturated carbocycles. The Hall–Kier alpha value is -2.95. The summed E-state index contributed by atoms with van der Waals surface area (Å²) in [5.74, 6) is -0.406. The highest BCUT2D eigenvalue weighted by atomic mass is 19.1. The van der Waals surface area contributed by atoms with Gasteiger partial charge in [0.25, 0.3) is 0 Å². The van der Waals surface area contributed by atoms with E-state index in [0.717, 1.165) is 29.7 Å². The van der Waals surface area contributed by atoms with Crippen molar-refractivity contribution in [2.45, 2.75) is 26.2 Å². The van der Waals surface area contributed by atoms with Crippen LogP contribution in [0.2, 0.25) is 0 Å². The smallest absolute Gasteiger partial charge is 0.228 e. The minimum absolute atomic E-state index is 0.103. The van der Waals surface area contributed by atoms with Crippen LogP contribution >= 0.6 is 0 Å². The lowest BCUT2D eigenvalue weighted by atomic mass is 10.1. The van der Waals surface area contributed by atoms with Gasteiger partial charge in [-0.1, -0.05) is 43.7 Å². The van der Waals surface area contributed by atoms with Crippen molar-refractivity contribution in [1.29, 1.82) is 0 Å². The molecular formula is C20H20FN3O. The van der Waals surface area contributed by atoms with Gasteiger partial charge in [0.15, 0.2) is 0 Å². The van der Waals surface area contributed by atoms with Gasteiger partial charge < -0.3 is 5.32 Å². The summed E-state index contributed by atoms with van der Waals surface area (Å²) < 4.78 is 13.2. The highest BCUT2D eigenvalue weighted by Gasteiger charge is 2.17. The molecule has 0 aliphatic carbocycles. The molecule has 0 spiro atoms. The van der Waals surface area contributed by atoms with Crippen molar-refractivity contribution in [3.8, 4) is 11.3 Å². The Morgan fingerprint density at radius 2 is 1.84 bits per heavy atom. The summed E-state index contributed by atoms with van der Waals surface area (Å²) in [6.07, 6.45) is 1.99. The van der Waals surface area contributed by atoms with Crippen LogP contribution < -0.4 is 5.32 Å². The average molecular weight is 337 g/mol. The first-order valence-corrected chi connectivity index (χ1v) is 8.34. The second-order valence-corrected chi connectivity index (χ2v) is 5.89. The van der Waals surface area contributed by atoms with Crippen LogP contribution in [0.5, 0.6) is 0 Å². The number of hydrogen-bond donors (Lipinski definition) is 2. The summed E-state index contributed by atoms with van der Waals surface area (Å²) in [6.45, 7) is 2.06. The number of aryl methyl sites for hydroxylation is 1. The Labute approximate surface area is 146 Å². The lowest BCUT2D eigenvalue weighted by molar-refractivity contribution is -0.115. The number of carbonyl (C=O) groups is 1. The molecule has 0 aliphatic heterocycles. The molecule has 0 radical (unpaired) electrons. The minimum atomic E-state index is -0.303. The first-order chi connectivity index (χ1) is 12.2. The van der Waals surface area contributed by atoms with Crippen LogP contribution in [0.1, 0.15) is 24.6 Å². The number of aromatic nitrogens is 2. The minimum Gasteiger partial charge on any atom is -0.322 e. The van der Waals surface area contributed by atoms with Crippen molar-refractivity contribution >= 4 is 11.6 Å². The summed E-state index contributed by atoms with van der Waals surface area (Å²) in [6, 6.07) is 15.7. The van der Waals surface area contributed by atoms with Crippen LogP contribution in [0.25, 0.3) is 11.3 Å². The topological polar surface area (TPSA) is 57.8 Å². The molecule has 0 unspecified atom stereocenters. The van der Waals surface area contributed by atoms with Crippen LogP contribution in [0, 0.1) is 5.82 Å². The number of aromatic amines is 1. The normalized spacial score (nSPS) is 10.6. The SMILES string of the molecule is CCCc1[nH]nc(-c2ccc(F)cc2)c1NC(=O)Cc1ccccc1. The van der Waals surface area contributed by atoms with Gasteiger partial charge in [-0.25, -0.2) is 4.39 Å². The Kier molecular flexibility index (Phi) is 5.23. The zero-order valence-electron chi connectivity index (χ0n) is 14.1. The van der Waals surface area contributed by atoms with Gasteiger partial charge in [-0.2, -0.15) is 5.10 Å². The van der Waals surface area contributed by atoms with E-state index in [1.807, 2.05) is 30.3 Å². The number of amides is 1. The summed E-state index contributed by atoms with van der Waals surface area (Å²) >= 11 is 0. The Morgan fingerprint density at radius 3 is 2.52 bits per heavy atom. The van der Waals surface area contributed by atoms with Crippen molar-refractivity contribution in [3.63, 3.8) is 0 Å². The Morgan fingerprint density at radius 1 is 1.12 bits per heavy atom. The van der Waals surface area contributed by atoms with Gasteiger partial charge >= 0.3 is 0 Å². The van der Waals surface area contributed by atoms with Crippen LogP contribution in [-0.4, -0.2) is 16.1 Å². The molecular weight excluding hydrogens is 317 g/mol. The molecule has 5 heteroatoms. The molecule has 25 heavy (non-hydrogen) atoms. The third kappa shape index (κ3) is 4.12. The fourth-order valence-electron chi connectivity index (χ4n) is 2.73. The number of anilines is 1. The van der Waals surface area contributed by atoms with Gasteiger partial charge in [-0.05, 0) is 36.2 Å². The number of halogens is 1. The average Bonchev–Trinajstić information content (AvgIpc) is 2.99. The standard InChI is InChI=1S/C20H20FN3O/c1-2-6-17-20(22-18(25)13-14-7-4-3-5-8-14)19(24-23-17)15-9-11-16(21)12-10-15/h3-5,7-12H,2,6,13H2,1H3,(H,22,25)(H,23,24). The van der Waals surface area contributed by atoms with E-state index in [-0.39, 0.29) is 11.7 Å². The van der Waals surface area contributed by atoms with Gasteiger partial charge in [-0.3, -0.25) is 9.89 Å². The molecule has 0 fully saturated rings. The molecule has 1 amide bonds. The zero-order valence-corrected chi connectivity index (χ0v) is 14.1. The van der Waals surface area contributed by atoms with E-state index in [9.17, 15) is 9.18 Å². The van der Waals surface area contributed by atoms with Gasteiger partial charge in [-0.15, -0.1) is 0 Å². The Bertz CT molecular complexity index is 841. The number of nitrogens with zero attached hydrogens (tertiary/aromatic N) is 1. The van der Waals surface area contributed by atoms with E-state index in [2.05, 4.69) is 22.4 Å². The molecule has 0 atom stereocenters. The number of carbonyl (C=O) groups excluding carboxylic acids is 1. The number of hydrogen-bond acceptors (Lipinski definition) is 2. The van der Waals surface area contributed by atoms with E-state index >= 15 is 0 Å². The summed E-state index contributed by atoms with van der Waals surface area (Å²) in [5, 5.41) is 10.3. The third-order valence-electron chi connectivity index (χ3n) is 3.93. The molecule has 3 rings (SSSR count). The van der Waals surface area contributed by atoms with E-state index in [0.29, 0.717) is 17.8 Å². The fourth-order valence-corrected chi connectivity index (χ4v) is 2.73. The second-order valence-electron chi connectivity index (χ2n) is 5.89. The lowest BCUT2D eigenvalue weighted by Gasteiger charge is -2.09. The highest BCUT2D eigenvalue weighted by molar-refractivity contribution is 5.96. The molecule has 1 aromatic heterocycles. The number of rotatable bonds is 6. The second kappa shape index (κ2) is 7.75. The van der Waals surface area contributed by atoms with E-state index in [4.69, 9.17) is 0 Å². The van der Waals surface area contributed by atoms with E-state index in [1.54, 1.807) is 12.1 Å². The third-order valence-corrected chi connectivity index (χ3v) is 3.93. The van der Waals surface area contributed by atoms with E-state index < -0.39 is 0 Å². The first-order valence-electron chi connectivity index (χ1n) is 8.34. The van der Waals surface area contributed by atoms with Crippen molar-refractivity contribution in [2.75, 3.05) is 5.32 Å². The number of H-pyrrole nitrogens is 1. The van der Waals surface area contributed by atoms with Crippen LogP contribution in [0.15, 0.2) is 54.6 Å². The van der Waals surface area contributed by atoms with Gasteiger partial charge in [0.1, 0.15) is 11.5 Å². The fraction of sp³-hybridized carbons (Fsp3) is 0.200. The van der Waals surface area contributed by atoms with Gasteiger partial charge in [0.05, 0.1) is 17.8 Å². The molecule has 1 heterocycles. The van der Waals surface area contributed by atoms with Crippen LogP contribution in [0.4, 0.5) is 10.1 Å². The maximum Gasteiger partial charge on any atom is 0.228 e. The molecule has 3 aromatic rings. The van der Waals surface area contributed by atoms with Crippen molar-refractivity contribution < 1.29 is 9.18 Å². The summed E-state index contributed by atoms with van der Waals surface area (Å²) in [7, 11) is 0. The number of benzene rings is 2. The van der Waals surface area contributed by atoms with Crippen LogP contribution in [0.3, 0.4) is 0 Å². The molecule has 0 saturated heterocycles. The zero-order chi connectivity index (χ0) is 17.6. The van der Waals surface area contributed by atoms with Crippen LogP contribution in [-0.2, 0) is 17.6 Å². The molecule has 4 nitrogen and oxygen atoms in total. The molecule has 0 bridgehead atoms. The van der Waals surface area contributed by atoms with Crippen molar-refractivity contribution in [1.82, 2.24) is 10.2 Å². The molecule has 0 aliphatic rings. The quantitative estimate of drug-likeness (QED) is 0.702.